The molecule has 2 amide bonds. The van der Waals surface area contributed by atoms with Crippen molar-refractivity contribution in [1.82, 2.24) is 15.2 Å². The first-order valence-corrected chi connectivity index (χ1v) is 16.2. The Morgan fingerprint density at radius 3 is 2.42 bits per heavy atom. The highest BCUT2D eigenvalue weighted by Gasteiger charge is 2.33. The molecule has 0 bridgehead atoms. The van der Waals surface area contributed by atoms with Gasteiger partial charge in [-0.2, -0.15) is 5.26 Å². The number of likely N-dealkylation sites (tertiary alicyclic amines) is 1. The second-order valence-corrected chi connectivity index (χ2v) is 14.5. The monoisotopic (exact) mass is 686 g/mol. The van der Waals surface area contributed by atoms with Crippen LogP contribution in [0.1, 0.15) is 62.7 Å². The Labute approximate surface area is 282 Å². The fraction of sp³-hybridized carbons (Fsp3) is 0.441. The molecule has 0 radical (unpaired) electrons. The first-order chi connectivity index (χ1) is 22.3. The van der Waals surface area contributed by atoms with E-state index in [4.69, 9.17) is 10.5 Å². The maximum Gasteiger partial charge on any atom is 0.410 e. The lowest BCUT2D eigenvalue weighted by molar-refractivity contribution is 0.0132. The van der Waals surface area contributed by atoms with E-state index < -0.39 is 40.7 Å². The molecule has 1 atom stereocenters. The Hall–Kier alpha value is -4.32. The van der Waals surface area contributed by atoms with Gasteiger partial charge in [0.25, 0.3) is 5.91 Å². The number of hydrazine groups is 1. The number of hydrogen-bond acceptors (Lipinski definition) is 9. The zero-order valence-corrected chi connectivity index (χ0v) is 28.9. The van der Waals surface area contributed by atoms with Crippen molar-refractivity contribution >= 4 is 34.7 Å². The van der Waals surface area contributed by atoms with Crippen LogP contribution >= 0.6 is 11.3 Å². The van der Waals surface area contributed by atoms with Crippen molar-refractivity contribution in [2.24, 2.45) is 0 Å². The summed E-state index contributed by atoms with van der Waals surface area (Å²) < 4.78 is 52.2. The number of likely N-dealkylation sites (N-methyl/N-ethyl adjacent to an activating group) is 1. The van der Waals surface area contributed by atoms with Crippen LogP contribution in [0, 0.1) is 28.8 Å². The zero-order valence-electron chi connectivity index (χ0n) is 28.1. The maximum absolute atomic E-state index is 16.0. The average molecular weight is 687 g/mol. The number of hydrogen-bond donors (Lipinski definition) is 3. The summed E-state index contributed by atoms with van der Waals surface area (Å²) in [4.78, 5) is 30.0. The number of nitrogen functional groups attached to an aromatic ring is 1. The molecule has 1 aromatic heterocycles. The highest BCUT2D eigenvalue weighted by atomic mass is 32.1. The van der Waals surface area contributed by atoms with Gasteiger partial charge in [0.1, 0.15) is 23.2 Å². The highest BCUT2D eigenvalue weighted by Crippen LogP contribution is 2.44. The van der Waals surface area contributed by atoms with Crippen LogP contribution in [0.4, 0.5) is 29.3 Å². The number of nitrogens with zero attached hydrogens (tertiary/aromatic N) is 4. The number of benzene rings is 2. The van der Waals surface area contributed by atoms with Gasteiger partial charge in [0, 0.05) is 43.2 Å². The third-order valence-electron chi connectivity index (χ3n) is 7.80. The quantitative estimate of drug-likeness (QED) is 0.190. The minimum Gasteiger partial charge on any atom is -0.444 e. The van der Waals surface area contributed by atoms with Crippen LogP contribution in [-0.4, -0.2) is 77.9 Å². The van der Waals surface area contributed by atoms with Crippen molar-refractivity contribution in [3.05, 3.63) is 58.2 Å². The number of thiophene rings is 1. The van der Waals surface area contributed by atoms with Crippen LogP contribution < -0.4 is 16.2 Å². The Kier molecular flexibility index (Phi) is 10.7. The van der Waals surface area contributed by atoms with Crippen molar-refractivity contribution in [1.29, 1.82) is 5.26 Å². The van der Waals surface area contributed by atoms with Gasteiger partial charge in [0.2, 0.25) is 0 Å². The SMILES string of the molecule is CNN(CC(C)(C)O)c1c(N)cc(-c2sc(C(=O)N3CCC[C@@H](N(C)C(=O)OC(C)(C)C)C3)cc2-c2ccc(C#N)c(F)c2)c(F)c1F. The van der Waals surface area contributed by atoms with Crippen LogP contribution in [0.5, 0.6) is 0 Å². The molecule has 3 aromatic rings. The third-order valence-corrected chi connectivity index (χ3v) is 8.95. The molecule has 1 aliphatic heterocycles. The van der Waals surface area contributed by atoms with E-state index >= 15 is 8.78 Å². The lowest BCUT2D eigenvalue weighted by Gasteiger charge is -2.38. The summed E-state index contributed by atoms with van der Waals surface area (Å²) in [6.07, 6.45) is 0.751. The summed E-state index contributed by atoms with van der Waals surface area (Å²) in [6, 6.07) is 8.00. The molecular formula is C34H41F3N6O4S. The van der Waals surface area contributed by atoms with E-state index in [1.54, 1.807) is 38.8 Å². The van der Waals surface area contributed by atoms with E-state index in [2.05, 4.69) is 5.43 Å². The van der Waals surface area contributed by atoms with Crippen LogP contribution in [-0.2, 0) is 4.74 Å². The molecule has 2 aromatic carbocycles. The molecule has 4 N–H and O–H groups in total. The lowest BCUT2D eigenvalue weighted by atomic mass is 9.99. The van der Waals surface area contributed by atoms with Crippen LogP contribution in [0.15, 0.2) is 30.3 Å². The molecule has 0 aliphatic carbocycles. The highest BCUT2D eigenvalue weighted by molar-refractivity contribution is 7.18. The number of piperidine rings is 1. The standard InChI is InChI=1S/C34H41F3N6O4S/c1-33(2,3)47-32(45)41(7)21-9-8-12-42(17-21)31(44)26-15-22(19-10-11-20(16-38)24(35)13-19)30(48-26)23-14-25(39)29(28(37)27(23)36)43(40-6)18-34(4,5)46/h10-11,13-15,21,40,46H,8-9,12,17-18,39H2,1-7H3/t21-/m1/s1. The molecule has 1 aliphatic rings. The lowest BCUT2D eigenvalue weighted by Crippen LogP contribution is -2.51. The topological polar surface area (TPSA) is 135 Å². The number of carbonyl (C=O) groups is 2. The number of halogens is 3. The van der Waals surface area contributed by atoms with Gasteiger partial charge in [0.05, 0.1) is 34.3 Å². The number of anilines is 2. The van der Waals surface area contributed by atoms with E-state index in [-0.39, 0.29) is 62.5 Å². The second kappa shape index (κ2) is 14.0. The van der Waals surface area contributed by atoms with Crippen molar-refractivity contribution in [2.75, 3.05) is 44.5 Å². The first kappa shape index (κ1) is 36.5. The molecule has 0 spiro atoms. The number of nitrogens with two attached hydrogens (primary N) is 1. The zero-order chi connectivity index (χ0) is 35.7. The van der Waals surface area contributed by atoms with Gasteiger partial charge in [-0.1, -0.05) is 6.07 Å². The average Bonchev–Trinajstić information content (AvgIpc) is 3.45. The summed E-state index contributed by atoms with van der Waals surface area (Å²) in [6.45, 7) is 8.80. The predicted octanol–water partition coefficient (Wildman–Crippen LogP) is 6.14. The number of nitrogens with one attached hydrogen (secondary N) is 1. The number of carbonyl (C=O) groups excluding carboxylic acids is 2. The maximum atomic E-state index is 16.0. The van der Waals surface area contributed by atoms with Crippen LogP contribution in [0.25, 0.3) is 21.6 Å². The van der Waals surface area contributed by atoms with Crippen molar-refractivity contribution in [2.45, 2.75) is 64.7 Å². The predicted molar refractivity (Wildman–Crippen MR) is 180 cm³/mol. The molecule has 1 saturated heterocycles. The van der Waals surface area contributed by atoms with Gasteiger partial charge >= 0.3 is 6.09 Å². The minimum atomic E-state index is -1.29. The summed E-state index contributed by atoms with van der Waals surface area (Å²) in [5.74, 6) is -3.77. The Morgan fingerprint density at radius 2 is 1.83 bits per heavy atom. The van der Waals surface area contributed by atoms with Crippen molar-refractivity contribution in [3.63, 3.8) is 0 Å². The largest absolute Gasteiger partial charge is 0.444 e. The van der Waals surface area contributed by atoms with Gasteiger partial charge in [-0.15, -0.1) is 11.3 Å². The molecule has 0 saturated carbocycles. The van der Waals surface area contributed by atoms with Gasteiger partial charge in [-0.25, -0.2) is 23.4 Å². The van der Waals surface area contributed by atoms with E-state index in [9.17, 15) is 24.3 Å². The molecule has 48 heavy (non-hydrogen) atoms. The molecule has 0 unspecified atom stereocenters. The smallest absolute Gasteiger partial charge is 0.410 e. The van der Waals surface area contributed by atoms with Gasteiger partial charge in [-0.05, 0) is 77.3 Å². The molecule has 10 nitrogen and oxygen atoms in total. The van der Waals surface area contributed by atoms with Gasteiger partial charge in [0.15, 0.2) is 11.6 Å². The number of nitriles is 1. The number of aliphatic hydroxyl groups is 1. The molecule has 4 rings (SSSR count). The minimum absolute atomic E-state index is 0.120. The summed E-state index contributed by atoms with van der Waals surface area (Å²) >= 11 is 0.895. The van der Waals surface area contributed by atoms with Gasteiger partial charge in [-0.3, -0.25) is 4.79 Å². The fourth-order valence-electron chi connectivity index (χ4n) is 5.51. The fourth-order valence-corrected chi connectivity index (χ4v) is 6.67. The second-order valence-electron chi connectivity index (χ2n) is 13.4. The molecule has 14 heteroatoms. The Bertz CT molecular complexity index is 1740. The summed E-state index contributed by atoms with van der Waals surface area (Å²) in [5, 5.41) is 20.8. The van der Waals surface area contributed by atoms with E-state index in [0.717, 1.165) is 17.4 Å². The summed E-state index contributed by atoms with van der Waals surface area (Å²) in [5.41, 5.74) is 6.58. The molecule has 1 fully saturated rings. The van der Waals surface area contributed by atoms with E-state index in [0.29, 0.717) is 19.4 Å². The Balaban J connectivity index is 1.78. The van der Waals surface area contributed by atoms with Gasteiger partial charge < -0.3 is 30.4 Å². The van der Waals surface area contributed by atoms with E-state index in [1.807, 2.05) is 0 Å². The number of rotatable bonds is 8. The van der Waals surface area contributed by atoms with Crippen LogP contribution in [0.3, 0.4) is 0 Å². The van der Waals surface area contributed by atoms with Crippen molar-refractivity contribution in [3.8, 4) is 27.6 Å². The first-order valence-electron chi connectivity index (χ1n) is 15.4. The van der Waals surface area contributed by atoms with Crippen LogP contribution in [0.2, 0.25) is 0 Å². The third kappa shape index (κ3) is 8.03. The normalized spacial score (nSPS) is 15.2. The molecule has 258 valence electrons. The Morgan fingerprint density at radius 1 is 1.15 bits per heavy atom. The number of ether oxygens (including phenoxy) is 1. The van der Waals surface area contributed by atoms with E-state index in [1.165, 1.54) is 55.1 Å². The number of amides is 2. The molecular weight excluding hydrogens is 645 g/mol. The summed E-state index contributed by atoms with van der Waals surface area (Å²) in [7, 11) is 3.09. The molecule has 2 heterocycles. The van der Waals surface area contributed by atoms with Crippen molar-refractivity contribution < 1.29 is 32.6 Å².